The summed E-state index contributed by atoms with van der Waals surface area (Å²) in [5.74, 6) is -1.50. The number of fused-ring (bicyclic) bond motifs is 1. The molecule has 1 aliphatic carbocycles. The van der Waals surface area contributed by atoms with Crippen molar-refractivity contribution in [3.8, 4) is 0 Å². The lowest BCUT2D eigenvalue weighted by molar-refractivity contribution is -0.158. The number of hydrogen-bond acceptors (Lipinski definition) is 6. The molecule has 6 nitrogen and oxygen atoms in total. The average Bonchev–Trinajstić information content (AvgIpc) is 2.58. The Bertz CT molecular complexity index is 361. The first-order valence-electron chi connectivity index (χ1n) is 5.37. The third kappa shape index (κ3) is 2.09. The van der Waals surface area contributed by atoms with Crippen molar-refractivity contribution in [1.82, 2.24) is 0 Å². The Hall–Kier alpha value is -0.950. The fourth-order valence-corrected chi connectivity index (χ4v) is 2.15. The molecule has 4 atom stereocenters. The van der Waals surface area contributed by atoms with Gasteiger partial charge in [0, 0.05) is 0 Å². The second-order valence-corrected chi connectivity index (χ2v) is 4.62. The van der Waals surface area contributed by atoms with Gasteiger partial charge in [-0.1, -0.05) is 0 Å². The summed E-state index contributed by atoms with van der Waals surface area (Å²) in [4.78, 5) is 11.6. The molecule has 0 spiro atoms. The maximum Gasteiger partial charge on any atom is 0.336 e. The summed E-state index contributed by atoms with van der Waals surface area (Å²) < 4.78 is 15.6. The molecule has 1 heterocycles. The zero-order valence-electron chi connectivity index (χ0n) is 9.91. The van der Waals surface area contributed by atoms with E-state index in [0.717, 1.165) is 0 Å². The van der Waals surface area contributed by atoms with E-state index >= 15 is 0 Å². The number of methoxy groups -OCH3 is 1. The molecular weight excluding hydrogens is 228 g/mol. The first-order valence-corrected chi connectivity index (χ1v) is 5.37. The van der Waals surface area contributed by atoms with Gasteiger partial charge in [0.2, 0.25) is 0 Å². The Morgan fingerprint density at radius 1 is 1.41 bits per heavy atom. The van der Waals surface area contributed by atoms with E-state index in [-0.39, 0.29) is 5.57 Å². The van der Waals surface area contributed by atoms with E-state index in [1.54, 1.807) is 13.8 Å². The molecule has 0 aromatic carbocycles. The molecule has 0 aromatic rings. The fraction of sp³-hybridized carbons (Fsp3) is 0.727. The second-order valence-electron chi connectivity index (χ2n) is 4.62. The maximum absolute atomic E-state index is 11.6. The van der Waals surface area contributed by atoms with E-state index in [1.165, 1.54) is 13.2 Å². The molecule has 6 heteroatoms. The molecule has 2 N–H and O–H groups in total. The molecule has 1 fully saturated rings. The number of ether oxygens (including phenoxy) is 3. The smallest absolute Gasteiger partial charge is 0.336 e. The van der Waals surface area contributed by atoms with Crippen LogP contribution in [0, 0.1) is 0 Å². The van der Waals surface area contributed by atoms with Gasteiger partial charge in [0.25, 0.3) is 0 Å². The van der Waals surface area contributed by atoms with Crippen molar-refractivity contribution in [2.45, 2.75) is 44.1 Å². The zero-order chi connectivity index (χ0) is 12.8. The summed E-state index contributed by atoms with van der Waals surface area (Å²) >= 11 is 0. The highest BCUT2D eigenvalue weighted by atomic mass is 16.8. The Morgan fingerprint density at radius 2 is 2.06 bits per heavy atom. The van der Waals surface area contributed by atoms with Crippen LogP contribution in [0.3, 0.4) is 0 Å². The number of carbonyl (C=O) groups excluding carboxylic acids is 1. The van der Waals surface area contributed by atoms with Crippen molar-refractivity contribution in [3.05, 3.63) is 11.6 Å². The van der Waals surface area contributed by atoms with Gasteiger partial charge in [-0.15, -0.1) is 0 Å². The normalized spacial score (nSPS) is 39.5. The quantitative estimate of drug-likeness (QED) is 0.596. The molecule has 2 aliphatic rings. The highest BCUT2D eigenvalue weighted by molar-refractivity contribution is 5.90. The first-order chi connectivity index (χ1) is 7.85. The van der Waals surface area contributed by atoms with Crippen LogP contribution in [-0.2, 0) is 19.0 Å². The van der Waals surface area contributed by atoms with E-state index in [1.807, 2.05) is 0 Å². The standard InChI is InChI=1S/C11H16O6/c1-11(2)16-8-5(10(14)15-3)4-6(12)7(13)9(8)17-11/h4,6-9,12-13H,1-3H3/t6-,7+,8-,9+/m1/s1. The molecule has 0 aromatic heterocycles. The van der Waals surface area contributed by atoms with E-state index in [2.05, 4.69) is 4.74 Å². The summed E-state index contributed by atoms with van der Waals surface area (Å²) in [5.41, 5.74) is 0.181. The summed E-state index contributed by atoms with van der Waals surface area (Å²) in [5, 5.41) is 19.4. The molecule has 0 amide bonds. The van der Waals surface area contributed by atoms with Gasteiger partial charge in [-0.2, -0.15) is 0 Å². The van der Waals surface area contributed by atoms with Crippen molar-refractivity contribution in [2.75, 3.05) is 7.11 Å². The van der Waals surface area contributed by atoms with Gasteiger partial charge in [-0.3, -0.25) is 0 Å². The van der Waals surface area contributed by atoms with E-state index in [0.29, 0.717) is 0 Å². The van der Waals surface area contributed by atoms with Crippen LogP contribution in [0.2, 0.25) is 0 Å². The highest BCUT2D eigenvalue weighted by Gasteiger charge is 2.52. The van der Waals surface area contributed by atoms with Crippen LogP contribution < -0.4 is 0 Å². The van der Waals surface area contributed by atoms with E-state index in [4.69, 9.17) is 9.47 Å². The summed E-state index contributed by atoms with van der Waals surface area (Å²) in [6.45, 7) is 3.36. The van der Waals surface area contributed by atoms with Crippen molar-refractivity contribution < 1.29 is 29.2 Å². The van der Waals surface area contributed by atoms with Crippen LogP contribution in [0.1, 0.15) is 13.8 Å². The van der Waals surface area contributed by atoms with E-state index in [9.17, 15) is 15.0 Å². The van der Waals surface area contributed by atoms with Gasteiger partial charge in [0.15, 0.2) is 5.79 Å². The third-order valence-corrected chi connectivity index (χ3v) is 2.89. The zero-order valence-corrected chi connectivity index (χ0v) is 9.91. The van der Waals surface area contributed by atoms with Crippen molar-refractivity contribution in [1.29, 1.82) is 0 Å². The summed E-state index contributed by atoms with van der Waals surface area (Å²) in [6.07, 6.45) is -2.50. The third-order valence-electron chi connectivity index (χ3n) is 2.89. The number of aliphatic hydroxyl groups is 2. The predicted molar refractivity (Wildman–Crippen MR) is 55.9 cm³/mol. The number of hydrogen-bond donors (Lipinski definition) is 2. The molecule has 2 rings (SSSR count). The number of aliphatic hydroxyl groups excluding tert-OH is 2. The molecule has 0 radical (unpaired) electrons. The van der Waals surface area contributed by atoms with Crippen molar-refractivity contribution in [2.24, 2.45) is 0 Å². The lowest BCUT2D eigenvalue weighted by atomic mass is 9.89. The van der Waals surface area contributed by atoms with Crippen molar-refractivity contribution >= 4 is 5.97 Å². The Morgan fingerprint density at radius 3 is 2.65 bits per heavy atom. The molecule has 0 bridgehead atoms. The predicted octanol–water partition coefficient (Wildman–Crippen LogP) is -0.659. The number of carbonyl (C=O) groups is 1. The molecule has 17 heavy (non-hydrogen) atoms. The molecule has 96 valence electrons. The second kappa shape index (κ2) is 4.06. The van der Waals surface area contributed by atoms with Gasteiger partial charge in [-0.25, -0.2) is 4.79 Å². The lowest BCUT2D eigenvalue weighted by Gasteiger charge is -2.30. The van der Waals surface area contributed by atoms with Crippen LogP contribution in [-0.4, -0.2) is 53.5 Å². The topological polar surface area (TPSA) is 85.2 Å². The van der Waals surface area contributed by atoms with Gasteiger partial charge in [0.05, 0.1) is 12.7 Å². The largest absolute Gasteiger partial charge is 0.466 e. The minimum atomic E-state index is -1.16. The molecule has 0 saturated carbocycles. The van der Waals surface area contributed by atoms with E-state index < -0.39 is 36.2 Å². The summed E-state index contributed by atoms with van der Waals surface area (Å²) in [6, 6.07) is 0. The molecule has 1 aliphatic heterocycles. The summed E-state index contributed by atoms with van der Waals surface area (Å²) in [7, 11) is 1.25. The van der Waals surface area contributed by atoms with Gasteiger partial charge >= 0.3 is 5.97 Å². The monoisotopic (exact) mass is 244 g/mol. The minimum absolute atomic E-state index is 0.181. The van der Waals surface area contributed by atoms with Crippen molar-refractivity contribution in [3.63, 3.8) is 0 Å². The Kier molecular flexibility index (Phi) is 2.99. The maximum atomic E-state index is 11.6. The fourth-order valence-electron chi connectivity index (χ4n) is 2.15. The molecular formula is C11H16O6. The highest BCUT2D eigenvalue weighted by Crippen LogP contribution is 2.37. The molecule has 0 unspecified atom stereocenters. The van der Waals surface area contributed by atoms with Crippen LogP contribution in [0.25, 0.3) is 0 Å². The van der Waals surface area contributed by atoms with Gasteiger partial charge < -0.3 is 24.4 Å². The van der Waals surface area contributed by atoms with Crippen LogP contribution in [0.5, 0.6) is 0 Å². The van der Waals surface area contributed by atoms with Gasteiger partial charge in [-0.05, 0) is 19.9 Å². The SMILES string of the molecule is COC(=O)C1=C[C@@H](O)[C@H](O)[C@@H]2OC(C)(C)O[C@H]12. The number of esters is 1. The average molecular weight is 244 g/mol. The van der Waals surface area contributed by atoms with Crippen LogP contribution in [0.4, 0.5) is 0 Å². The number of rotatable bonds is 1. The lowest BCUT2D eigenvalue weighted by Crippen LogP contribution is -2.48. The first kappa shape index (κ1) is 12.5. The van der Waals surface area contributed by atoms with Crippen LogP contribution >= 0.6 is 0 Å². The van der Waals surface area contributed by atoms with Gasteiger partial charge in [0.1, 0.15) is 24.4 Å². The Balaban J connectivity index is 2.34. The Labute approximate surface area is 98.8 Å². The minimum Gasteiger partial charge on any atom is -0.466 e. The molecule has 1 saturated heterocycles. The van der Waals surface area contributed by atoms with Crippen LogP contribution in [0.15, 0.2) is 11.6 Å².